The van der Waals surface area contributed by atoms with Gasteiger partial charge < -0.3 is 24.3 Å². The number of nitrogens with one attached hydrogen (secondary N) is 1. The van der Waals surface area contributed by atoms with E-state index < -0.39 is 0 Å². The summed E-state index contributed by atoms with van der Waals surface area (Å²) in [5.74, 6) is 2.72. The van der Waals surface area contributed by atoms with Crippen LogP contribution in [0.3, 0.4) is 0 Å². The van der Waals surface area contributed by atoms with Gasteiger partial charge in [0, 0.05) is 61.3 Å². The lowest BCUT2D eigenvalue weighted by atomic mass is 9.84. The summed E-state index contributed by atoms with van der Waals surface area (Å²) >= 11 is 6.07. The SMILES string of the molecule is COc1ccc(Nc2nc(N3CCN(c4ccc(Cl)cc4)CC3)nc3c2C(=O)CC(c2ccco2)C3)cc1. The zero-order valence-electron chi connectivity index (χ0n) is 21.1. The van der Waals surface area contributed by atoms with E-state index >= 15 is 0 Å². The third-order valence-corrected chi connectivity index (χ3v) is 7.43. The molecule has 1 unspecified atom stereocenters. The molecular formula is C29H28ClN5O3. The predicted molar refractivity (Wildman–Crippen MR) is 148 cm³/mol. The Kier molecular flexibility index (Phi) is 6.64. The van der Waals surface area contributed by atoms with Crippen molar-refractivity contribution < 1.29 is 13.9 Å². The summed E-state index contributed by atoms with van der Waals surface area (Å²) < 4.78 is 10.9. The third-order valence-electron chi connectivity index (χ3n) is 7.18. The van der Waals surface area contributed by atoms with Crippen molar-refractivity contribution in [1.82, 2.24) is 9.97 Å². The third kappa shape index (κ3) is 4.91. The van der Waals surface area contributed by atoms with E-state index in [1.165, 1.54) is 0 Å². The number of Topliss-reactive ketones (excluding diaryl/α,β-unsaturated/α-hetero) is 1. The first kappa shape index (κ1) is 24.3. The van der Waals surface area contributed by atoms with Crippen LogP contribution in [-0.4, -0.2) is 49.0 Å². The summed E-state index contributed by atoms with van der Waals surface area (Å²) in [5.41, 5.74) is 3.29. The summed E-state index contributed by atoms with van der Waals surface area (Å²) in [6.45, 7) is 3.19. The van der Waals surface area contributed by atoms with Crippen LogP contribution in [0.5, 0.6) is 5.75 Å². The van der Waals surface area contributed by atoms with E-state index in [9.17, 15) is 4.79 Å². The highest BCUT2D eigenvalue weighted by molar-refractivity contribution is 6.30. The number of furan rings is 1. The molecular weight excluding hydrogens is 502 g/mol. The topological polar surface area (TPSA) is 83.7 Å². The Morgan fingerprint density at radius 3 is 2.37 bits per heavy atom. The lowest BCUT2D eigenvalue weighted by Gasteiger charge is -2.36. The van der Waals surface area contributed by atoms with E-state index in [-0.39, 0.29) is 11.7 Å². The molecule has 3 heterocycles. The summed E-state index contributed by atoms with van der Waals surface area (Å²) in [6.07, 6.45) is 2.63. The molecule has 9 heteroatoms. The van der Waals surface area contributed by atoms with Gasteiger partial charge in [0.25, 0.3) is 0 Å². The van der Waals surface area contributed by atoms with Gasteiger partial charge in [-0.2, -0.15) is 4.98 Å². The molecule has 1 aliphatic carbocycles. The van der Waals surface area contributed by atoms with Crippen molar-refractivity contribution in [3.05, 3.63) is 89.0 Å². The van der Waals surface area contributed by atoms with Crippen LogP contribution < -0.4 is 19.9 Å². The lowest BCUT2D eigenvalue weighted by Crippen LogP contribution is -2.47. The molecule has 0 amide bonds. The fourth-order valence-electron chi connectivity index (χ4n) is 5.15. The second-order valence-electron chi connectivity index (χ2n) is 9.54. The van der Waals surface area contributed by atoms with E-state index in [1.807, 2.05) is 60.7 Å². The normalized spacial score (nSPS) is 17.3. The van der Waals surface area contributed by atoms with E-state index in [1.54, 1.807) is 13.4 Å². The Morgan fingerprint density at radius 2 is 1.68 bits per heavy atom. The molecule has 0 bridgehead atoms. The van der Waals surface area contributed by atoms with Gasteiger partial charge in [0.05, 0.1) is 24.6 Å². The van der Waals surface area contributed by atoms with Gasteiger partial charge in [-0.05, 0) is 60.7 Å². The van der Waals surface area contributed by atoms with Crippen LogP contribution in [0.15, 0.2) is 71.3 Å². The Balaban J connectivity index is 1.30. The van der Waals surface area contributed by atoms with Gasteiger partial charge in [0.15, 0.2) is 5.78 Å². The zero-order chi connectivity index (χ0) is 26.1. The molecule has 1 saturated heterocycles. The standard InChI is InChI=1S/C29H28ClN5O3/c1-37-23-10-6-21(7-11-23)31-28-27-24(17-19(18-25(27)36)26-3-2-16-38-26)32-29(33-28)35-14-12-34(13-15-35)22-8-4-20(30)5-9-22/h2-11,16,19H,12-15,17-18H2,1H3,(H,31,32,33). The van der Waals surface area contributed by atoms with E-state index in [0.29, 0.717) is 30.2 Å². The molecule has 194 valence electrons. The number of anilines is 4. The maximum atomic E-state index is 13.4. The van der Waals surface area contributed by atoms with Gasteiger partial charge in [-0.15, -0.1) is 0 Å². The first-order chi connectivity index (χ1) is 18.6. The molecule has 2 aromatic heterocycles. The van der Waals surface area contributed by atoms with Crippen molar-refractivity contribution in [2.75, 3.05) is 48.4 Å². The van der Waals surface area contributed by atoms with Gasteiger partial charge in [0.2, 0.25) is 5.95 Å². The fourth-order valence-corrected chi connectivity index (χ4v) is 5.28. The maximum Gasteiger partial charge on any atom is 0.227 e. The van der Waals surface area contributed by atoms with Crippen molar-refractivity contribution in [1.29, 1.82) is 0 Å². The van der Waals surface area contributed by atoms with Crippen LogP contribution in [0.25, 0.3) is 0 Å². The van der Waals surface area contributed by atoms with Gasteiger partial charge in [0.1, 0.15) is 17.3 Å². The number of piperazine rings is 1. The molecule has 1 atom stereocenters. The molecule has 1 fully saturated rings. The van der Waals surface area contributed by atoms with Crippen molar-refractivity contribution in [2.45, 2.75) is 18.8 Å². The number of carbonyl (C=O) groups is 1. The molecule has 1 N–H and O–H groups in total. The average molecular weight is 530 g/mol. The van der Waals surface area contributed by atoms with Gasteiger partial charge in [-0.25, -0.2) is 4.98 Å². The van der Waals surface area contributed by atoms with E-state index in [2.05, 4.69) is 15.1 Å². The van der Waals surface area contributed by atoms with Crippen molar-refractivity contribution >= 4 is 40.5 Å². The summed E-state index contributed by atoms with van der Waals surface area (Å²) in [5, 5.41) is 4.11. The summed E-state index contributed by atoms with van der Waals surface area (Å²) in [6, 6.07) is 19.3. The smallest absolute Gasteiger partial charge is 0.227 e. The molecule has 6 rings (SSSR count). The summed E-state index contributed by atoms with van der Waals surface area (Å²) in [4.78, 5) is 27.8. The Morgan fingerprint density at radius 1 is 0.947 bits per heavy atom. The zero-order valence-corrected chi connectivity index (χ0v) is 21.8. The number of methoxy groups -OCH3 is 1. The minimum atomic E-state index is -0.0386. The van der Waals surface area contributed by atoms with Crippen LogP contribution in [0, 0.1) is 0 Å². The number of hydrogen-bond acceptors (Lipinski definition) is 8. The minimum Gasteiger partial charge on any atom is -0.497 e. The molecule has 2 aromatic carbocycles. The number of ketones is 1. The van der Waals surface area contributed by atoms with E-state index in [4.69, 9.17) is 30.7 Å². The van der Waals surface area contributed by atoms with E-state index in [0.717, 1.165) is 59.8 Å². The Labute approximate surface area is 226 Å². The number of carbonyl (C=O) groups excluding carboxylic acids is 1. The average Bonchev–Trinajstić information content (AvgIpc) is 3.49. The number of halogens is 1. The van der Waals surface area contributed by atoms with Crippen LogP contribution >= 0.6 is 11.6 Å². The minimum absolute atomic E-state index is 0.0165. The van der Waals surface area contributed by atoms with Gasteiger partial charge in [-0.1, -0.05) is 11.6 Å². The monoisotopic (exact) mass is 529 g/mol. The van der Waals surface area contributed by atoms with Gasteiger partial charge >= 0.3 is 0 Å². The Hall–Kier alpha value is -4.04. The van der Waals surface area contributed by atoms with Crippen molar-refractivity contribution in [2.24, 2.45) is 0 Å². The first-order valence-corrected chi connectivity index (χ1v) is 13.1. The summed E-state index contributed by atoms with van der Waals surface area (Å²) in [7, 11) is 1.64. The van der Waals surface area contributed by atoms with Crippen molar-refractivity contribution in [3.63, 3.8) is 0 Å². The number of aromatic nitrogens is 2. The molecule has 0 radical (unpaired) electrons. The Bertz CT molecular complexity index is 1420. The molecule has 0 saturated carbocycles. The molecule has 38 heavy (non-hydrogen) atoms. The maximum absolute atomic E-state index is 13.4. The lowest BCUT2D eigenvalue weighted by molar-refractivity contribution is 0.0959. The largest absolute Gasteiger partial charge is 0.497 e. The second kappa shape index (κ2) is 10.4. The first-order valence-electron chi connectivity index (χ1n) is 12.7. The van der Waals surface area contributed by atoms with Crippen molar-refractivity contribution in [3.8, 4) is 5.75 Å². The highest BCUT2D eigenvalue weighted by atomic mass is 35.5. The quantitative estimate of drug-likeness (QED) is 0.340. The number of rotatable bonds is 6. The number of nitrogens with zero attached hydrogens (tertiary/aromatic N) is 4. The number of hydrogen-bond donors (Lipinski definition) is 1. The van der Waals surface area contributed by atoms with Crippen LogP contribution in [0.1, 0.15) is 34.2 Å². The highest BCUT2D eigenvalue weighted by Crippen LogP contribution is 2.37. The van der Waals surface area contributed by atoms with Crippen LogP contribution in [0.4, 0.5) is 23.1 Å². The molecule has 1 aliphatic heterocycles. The molecule has 8 nitrogen and oxygen atoms in total. The number of benzene rings is 2. The van der Waals surface area contributed by atoms with Gasteiger partial charge in [-0.3, -0.25) is 4.79 Å². The predicted octanol–water partition coefficient (Wildman–Crippen LogP) is 5.71. The van der Waals surface area contributed by atoms with Crippen LogP contribution in [-0.2, 0) is 6.42 Å². The number of fused-ring (bicyclic) bond motifs is 1. The molecule has 4 aromatic rings. The van der Waals surface area contributed by atoms with Crippen LogP contribution in [0.2, 0.25) is 5.02 Å². The highest BCUT2D eigenvalue weighted by Gasteiger charge is 2.33. The number of ether oxygens (including phenoxy) is 1. The molecule has 2 aliphatic rings. The molecule has 0 spiro atoms. The fraction of sp³-hybridized carbons (Fsp3) is 0.276. The second-order valence-corrected chi connectivity index (χ2v) is 9.98.